The normalized spacial score (nSPS) is 18.4. The van der Waals surface area contributed by atoms with Gasteiger partial charge in [-0.3, -0.25) is 0 Å². The van der Waals surface area contributed by atoms with Crippen LogP contribution in [0.25, 0.3) is 0 Å². The fraction of sp³-hybridized carbons (Fsp3) is 0.875. The van der Waals surface area contributed by atoms with E-state index in [2.05, 4.69) is 0 Å². The van der Waals surface area contributed by atoms with Crippen LogP contribution in [0, 0.1) is 5.92 Å². The summed E-state index contributed by atoms with van der Waals surface area (Å²) in [6.07, 6.45) is 0.728. The van der Waals surface area contributed by atoms with Crippen LogP contribution in [0.5, 0.6) is 0 Å². The summed E-state index contributed by atoms with van der Waals surface area (Å²) in [6.45, 7) is 7.60. The molecule has 0 heterocycles. The van der Waals surface area contributed by atoms with E-state index in [1.165, 1.54) is 0 Å². The summed E-state index contributed by atoms with van der Waals surface area (Å²) in [6, 6.07) is 0. The zero-order valence-corrected chi connectivity index (χ0v) is 9.55. The van der Waals surface area contributed by atoms with Crippen LogP contribution in [0.2, 0.25) is 0 Å². The van der Waals surface area contributed by atoms with Gasteiger partial charge in [0.25, 0.3) is 0 Å². The molecule has 0 aromatic heterocycles. The Balaban J connectivity index is 4.66. The van der Waals surface area contributed by atoms with Crippen molar-refractivity contribution in [1.29, 1.82) is 0 Å². The van der Waals surface area contributed by atoms with E-state index in [4.69, 9.17) is 0 Å². The van der Waals surface area contributed by atoms with Gasteiger partial charge in [0.05, 0.1) is 0 Å². The van der Waals surface area contributed by atoms with Crippen molar-refractivity contribution < 1.29 is 8.42 Å². The summed E-state index contributed by atoms with van der Waals surface area (Å²) in [7, 11) is 0. The van der Waals surface area contributed by atoms with Crippen LogP contribution in [0.4, 0.5) is 0 Å². The quantitative estimate of drug-likeness (QED) is 0.646. The molecule has 0 N–H and O–H groups in total. The second-order valence-electron chi connectivity index (χ2n) is 3.30. The van der Waals surface area contributed by atoms with Crippen molar-refractivity contribution in [3.63, 3.8) is 0 Å². The Bertz CT molecular complexity index is 170. The molecule has 0 aromatic carbocycles. The molecule has 1 radical (unpaired) electrons. The third-order valence-electron chi connectivity index (χ3n) is 2.07. The molecule has 0 amide bonds. The molecule has 2 atom stereocenters. The van der Waals surface area contributed by atoms with Crippen LogP contribution in [0.1, 0.15) is 34.1 Å². The molecule has 0 bridgehead atoms. The minimum atomic E-state index is -0.453. The van der Waals surface area contributed by atoms with E-state index < -0.39 is 4.75 Å². The summed E-state index contributed by atoms with van der Waals surface area (Å²) in [5, 5.41) is -0.176. The lowest BCUT2D eigenvalue weighted by Crippen LogP contribution is -2.40. The molecular formula is C8H15O2S2+2. The van der Waals surface area contributed by atoms with Crippen molar-refractivity contribution in [1.82, 2.24) is 0 Å². The van der Waals surface area contributed by atoms with Gasteiger partial charge in [-0.25, -0.2) is 0 Å². The van der Waals surface area contributed by atoms with E-state index >= 15 is 0 Å². The predicted molar refractivity (Wildman–Crippen MR) is 53.2 cm³/mol. The maximum absolute atomic E-state index is 10.8. The van der Waals surface area contributed by atoms with Crippen molar-refractivity contribution in [3.05, 3.63) is 5.92 Å². The Hall–Kier alpha value is 0.0400. The molecule has 4 heteroatoms. The number of rotatable bonds is 5. The minimum Gasteiger partial charge on any atom is -0.0593 e. The lowest BCUT2D eigenvalue weighted by atomic mass is 9.95. The molecule has 0 fully saturated rings. The van der Waals surface area contributed by atoms with Crippen molar-refractivity contribution >= 4 is 23.3 Å². The van der Waals surface area contributed by atoms with E-state index in [1.807, 2.05) is 27.7 Å². The van der Waals surface area contributed by atoms with Gasteiger partial charge in [-0.1, -0.05) is 20.8 Å². The summed E-state index contributed by atoms with van der Waals surface area (Å²) in [5.74, 6) is 1.03. The molecule has 0 aliphatic rings. The van der Waals surface area contributed by atoms with Gasteiger partial charge < -0.3 is 0 Å². The summed E-state index contributed by atoms with van der Waals surface area (Å²) in [5.41, 5.74) is 0. The first kappa shape index (κ1) is 12.0. The van der Waals surface area contributed by atoms with Crippen molar-refractivity contribution in [2.75, 3.05) is 0 Å². The third-order valence-corrected chi connectivity index (χ3v) is 4.31. The number of hydrogen-bond donors (Lipinski definition) is 0. The second kappa shape index (κ2) is 4.92. The first-order valence-corrected chi connectivity index (χ1v) is 5.46. The van der Waals surface area contributed by atoms with Crippen LogP contribution < -0.4 is 0 Å². The van der Waals surface area contributed by atoms with Crippen LogP contribution >= 0.6 is 0 Å². The average molecular weight is 207 g/mol. The molecule has 2 nitrogen and oxygen atoms in total. The largest absolute Gasteiger partial charge is 0.471 e. The molecule has 0 aliphatic carbocycles. The van der Waals surface area contributed by atoms with Crippen LogP contribution in [0.15, 0.2) is 0 Å². The molecule has 2 unspecified atom stereocenters. The first-order chi connectivity index (χ1) is 5.51. The highest BCUT2D eigenvalue weighted by Crippen LogP contribution is 2.25. The zero-order valence-electron chi connectivity index (χ0n) is 7.92. The molecule has 0 saturated heterocycles. The van der Waals surface area contributed by atoms with Gasteiger partial charge in [-0.05, 0) is 0 Å². The molecule has 0 spiro atoms. The Morgan fingerprint density at radius 2 is 1.92 bits per heavy atom. The highest BCUT2D eigenvalue weighted by Gasteiger charge is 2.56. The second-order valence-corrected chi connectivity index (χ2v) is 5.07. The van der Waals surface area contributed by atoms with Gasteiger partial charge in [0.1, 0.15) is 0 Å². The zero-order chi connectivity index (χ0) is 9.78. The first-order valence-electron chi connectivity index (χ1n) is 3.91. The van der Waals surface area contributed by atoms with Gasteiger partial charge in [0, 0.05) is 27.7 Å². The van der Waals surface area contributed by atoms with E-state index in [1.54, 1.807) is 0 Å². The third kappa shape index (κ3) is 2.52. The van der Waals surface area contributed by atoms with Crippen LogP contribution in [-0.2, 0) is 31.8 Å². The summed E-state index contributed by atoms with van der Waals surface area (Å²) in [4.78, 5) is 0. The summed E-state index contributed by atoms with van der Waals surface area (Å²) < 4.78 is 21.2. The SMILES string of the molecule is CCC(C)([S+]=O)C([S+]=O)[C](C)C. The Kier molecular flexibility index (Phi) is 4.94. The Morgan fingerprint density at radius 1 is 1.42 bits per heavy atom. The van der Waals surface area contributed by atoms with Crippen molar-refractivity contribution in [3.8, 4) is 0 Å². The van der Waals surface area contributed by atoms with Gasteiger partial charge in [-0.15, -0.1) is 0 Å². The van der Waals surface area contributed by atoms with Gasteiger partial charge >= 0.3 is 33.3 Å². The molecule has 12 heavy (non-hydrogen) atoms. The highest BCUT2D eigenvalue weighted by atomic mass is 32.2. The highest BCUT2D eigenvalue weighted by molar-refractivity contribution is 7.71. The number of hydrogen-bond acceptors (Lipinski definition) is 2. The van der Waals surface area contributed by atoms with Crippen molar-refractivity contribution in [2.24, 2.45) is 0 Å². The van der Waals surface area contributed by atoms with Gasteiger partial charge in [-0.2, -0.15) is 0 Å². The summed E-state index contributed by atoms with van der Waals surface area (Å²) >= 11 is 1.07. The smallest absolute Gasteiger partial charge is 0.0593 e. The molecule has 0 rings (SSSR count). The molecule has 0 saturated carbocycles. The Labute approximate surface area is 82.1 Å². The minimum absolute atomic E-state index is 0.176. The molecule has 69 valence electrons. The standard InChI is InChI=1S/C8H15O2S2/c1-5-8(4,12-10)7(11-9)6(2)3/h7H,5H2,1-4H3/q+2. The average Bonchev–Trinajstić information content (AvgIpc) is 2.04. The van der Waals surface area contributed by atoms with Gasteiger partial charge in [0.2, 0.25) is 0 Å². The fourth-order valence-electron chi connectivity index (χ4n) is 1.10. The molecular weight excluding hydrogens is 192 g/mol. The van der Waals surface area contributed by atoms with Crippen LogP contribution in [-0.4, -0.2) is 10.00 Å². The fourth-order valence-corrected chi connectivity index (χ4v) is 2.34. The maximum atomic E-state index is 10.8. The molecule has 0 aromatic rings. The topological polar surface area (TPSA) is 34.1 Å². The lowest BCUT2D eigenvalue weighted by Gasteiger charge is -2.10. The van der Waals surface area contributed by atoms with E-state index in [0.717, 1.165) is 12.3 Å². The monoisotopic (exact) mass is 207 g/mol. The Morgan fingerprint density at radius 3 is 2.00 bits per heavy atom. The van der Waals surface area contributed by atoms with Crippen molar-refractivity contribution in [2.45, 2.75) is 44.1 Å². The van der Waals surface area contributed by atoms with E-state index in [-0.39, 0.29) is 5.25 Å². The van der Waals surface area contributed by atoms with Crippen LogP contribution in [0.3, 0.4) is 0 Å². The predicted octanol–water partition coefficient (Wildman–Crippen LogP) is 1.99. The maximum Gasteiger partial charge on any atom is 0.471 e. The van der Waals surface area contributed by atoms with Gasteiger partial charge in [0.15, 0.2) is 0 Å². The molecule has 0 aliphatic heterocycles. The van der Waals surface area contributed by atoms with E-state index in [9.17, 15) is 8.42 Å². The van der Waals surface area contributed by atoms with E-state index in [0.29, 0.717) is 23.3 Å². The lowest BCUT2D eigenvalue weighted by molar-refractivity contribution is 0.528.